The molecule has 1 aliphatic heterocycles. The van der Waals surface area contributed by atoms with E-state index in [4.69, 9.17) is 5.11 Å². The third-order valence-corrected chi connectivity index (χ3v) is 1.57. The Kier molecular flexibility index (Phi) is 0.730. The van der Waals surface area contributed by atoms with E-state index >= 15 is 0 Å². The Morgan fingerprint density at radius 1 is 1.56 bits per heavy atom. The second-order valence-electron chi connectivity index (χ2n) is 2.14. The summed E-state index contributed by atoms with van der Waals surface area (Å²) in [7, 11) is 0. The van der Waals surface area contributed by atoms with Gasteiger partial charge in [0.1, 0.15) is 0 Å². The average molecular weight is 121 g/mol. The van der Waals surface area contributed by atoms with Crippen LogP contribution in [0.1, 0.15) is 5.69 Å². The zero-order valence-corrected chi connectivity index (χ0v) is 4.91. The molecule has 9 heavy (non-hydrogen) atoms. The number of rotatable bonds is 0. The van der Waals surface area contributed by atoms with Crippen LogP contribution in [0.3, 0.4) is 0 Å². The van der Waals surface area contributed by atoms with E-state index in [9.17, 15) is 0 Å². The van der Waals surface area contributed by atoms with Crippen LogP contribution in [-0.4, -0.2) is 9.67 Å². The molecular formula is C7H7NO. The maximum Gasteiger partial charge on any atom is 0.191 e. The number of allylic oxidation sites excluding steroid dienone is 1. The number of aliphatic hydroxyl groups is 1. The molecule has 0 saturated heterocycles. The molecule has 2 heterocycles. The summed E-state index contributed by atoms with van der Waals surface area (Å²) in [5.74, 6) is 0.356. The lowest BCUT2D eigenvalue weighted by atomic mass is 10.3. The smallest absolute Gasteiger partial charge is 0.191 e. The van der Waals surface area contributed by atoms with Crippen molar-refractivity contribution < 1.29 is 5.11 Å². The fourth-order valence-corrected chi connectivity index (χ4v) is 1.10. The van der Waals surface area contributed by atoms with Crippen LogP contribution in [0.15, 0.2) is 24.4 Å². The Morgan fingerprint density at radius 2 is 2.44 bits per heavy atom. The highest BCUT2D eigenvalue weighted by molar-refractivity contribution is 5.44. The molecule has 1 aromatic heterocycles. The minimum Gasteiger partial charge on any atom is -0.494 e. The number of hydrogen-bond donors (Lipinski definition) is 1. The molecule has 1 aromatic rings. The van der Waals surface area contributed by atoms with Gasteiger partial charge in [0.15, 0.2) is 5.88 Å². The van der Waals surface area contributed by atoms with E-state index in [-0.39, 0.29) is 0 Å². The van der Waals surface area contributed by atoms with Gasteiger partial charge in [0, 0.05) is 18.3 Å². The molecule has 0 aliphatic carbocycles. The van der Waals surface area contributed by atoms with Gasteiger partial charge in [-0.2, -0.15) is 0 Å². The van der Waals surface area contributed by atoms with Crippen LogP contribution in [0.4, 0.5) is 0 Å². The normalized spacial score (nSPS) is 15.3. The predicted octanol–water partition coefficient (Wildman–Crippen LogP) is 1.40. The highest BCUT2D eigenvalue weighted by Gasteiger charge is 2.08. The molecule has 46 valence electrons. The standard InChI is InChI=1S/C7H7NO/c9-7-4-3-6-2-1-5-8(6)7/h1-2,4-5,9H,3H2. The van der Waals surface area contributed by atoms with Crippen LogP contribution >= 0.6 is 0 Å². The SMILES string of the molecule is OC1=CCc2cccn21. The maximum atomic E-state index is 9.09. The lowest BCUT2D eigenvalue weighted by Gasteiger charge is -1.95. The van der Waals surface area contributed by atoms with Gasteiger partial charge >= 0.3 is 0 Å². The van der Waals surface area contributed by atoms with E-state index in [1.807, 2.05) is 18.3 Å². The van der Waals surface area contributed by atoms with Crippen LogP contribution in [0.5, 0.6) is 0 Å². The number of aromatic nitrogens is 1. The van der Waals surface area contributed by atoms with Crippen LogP contribution in [-0.2, 0) is 6.42 Å². The van der Waals surface area contributed by atoms with Gasteiger partial charge in [-0.25, -0.2) is 0 Å². The summed E-state index contributed by atoms with van der Waals surface area (Å²) >= 11 is 0. The summed E-state index contributed by atoms with van der Waals surface area (Å²) < 4.78 is 1.78. The van der Waals surface area contributed by atoms with Crippen molar-refractivity contribution in [2.75, 3.05) is 0 Å². The lowest BCUT2D eigenvalue weighted by molar-refractivity contribution is 0.475. The Balaban J connectivity index is 2.62. The highest BCUT2D eigenvalue weighted by atomic mass is 16.3. The second kappa shape index (κ2) is 1.41. The molecule has 0 atom stereocenters. The van der Waals surface area contributed by atoms with Crippen molar-refractivity contribution in [3.63, 3.8) is 0 Å². The second-order valence-corrected chi connectivity index (χ2v) is 2.14. The third kappa shape index (κ3) is 0.499. The molecule has 0 aromatic carbocycles. The van der Waals surface area contributed by atoms with Crippen LogP contribution in [0.25, 0.3) is 5.88 Å². The van der Waals surface area contributed by atoms with E-state index in [0.29, 0.717) is 5.88 Å². The number of aliphatic hydroxyl groups excluding tert-OH is 1. The molecule has 0 amide bonds. The quantitative estimate of drug-likeness (QED) is 0.551. The summed E-state index contributed by atoms with van der Waals surface area (Å²) in [6.45, 7) is 0. The molecule has 0 radical (unpaired) electrons. The number of hydrogen-bond acceptors (Lipinski definition) is 1. The first-order valence-corrected chi connectivity index (χ1v) is 2.93. The van der Waals surface area contributed by atoms with E-state index in [0.717, 1.165) is 12.1 Å². The Labute approximate surface area is 53.0 Å². The summed E-state index contributed by atoms with van der Waals surface area (Å²) in [6, 6.07) is 3.93. The largest absolute Gasteiger partial charge is 0.494 e. The van der Waals surface area contributed by atoms with Gasteiger partial charge in [-0.05, 0) is 18.2 Å². The molecule has 1 aliphatic rings. The monoisotopic (exact) mass is 121 g/mol. The lowest BCUT2D eigenvalue weighted by Crippen LogP contribution is -1.89. The molecule has 0 fully saturated rings. The zero-order valence-electron chi connectivity index (χ0n) is 4.91. The van der Waals surface area contributed by atoms with Gasteiger partial charge in [0.05, 0.1) is 0 Å². The van der Waals surface area contributed by atoms with Gasteiger partial charge in [-0.15, -0.1) is 0 Å². The van der Waals surface area contributed by atoms with Crippen molar-refractivity contribution in [1.82, 2.24) is 4.57 Å². The van der Waals surface area contributed by atoms with Crippen LogP contribution in [0.2, 0.25) is 0 Å². The minimum absolute atomic E-state index is 0.356. The van der Waals surface area contributed by atoms with Gasteiger partial charge in [-0.1, -0.05) is 0 Å². The molecule has 0 bridgehead atoms. The van der Waals surface area contributed by atoms with Crippen molar-refractivity contribution in [2.45, 2.75) is 6.42 Å². The van der Waals surface area contributed by atoms with Crippen LogP contribution in [0, 0.1) is 0 Å². The number of fused-ring (bicyclic) bond motifs is 1. The molecule has 1 N–H and O–H groups in total. The van der Waals surface area contributed by atoms with E-state index in [2.05, 4.69) is 0 Å². The zero-order chi connectivity index (χ0) is 6.27. The van der Waals surface area contributed by atoms with Crippen molar-refractivity contribution in [2.24, 2.45) is 0 Å². The number of nitrogens with zero attached hydrogens (tertiary/aromatic N) is 1. The molecule has 0 unspecified atom stereocenters. The van der Waals surface area contributed by atoms with E-state index in [1.54, 1.807) is 10.6 Å². The molecular weight excluding hydrogens is 114 g/mol. The topological polar surface area (TPSA) is 25.2 Å². The molecule has 0 spiro atoms. The van der Waals surface area contributed by atoms with Gasteiger partial charge in [0.25, 0.3) is 0 Å². The fourth-order valence-electron chi connectivity index (χ4n) is 1.10. The third-order valence-electron chi connectivity index (χ3n) is 1.57. The van der Waals surface area contributed by atoms with Gasteiger partial charge < -0.3 is 5.11 Å². The Bertz CT molecular complexity index is 260. The van der Waals surface area contributed by atoms with Gasteiger partial charge in [0.2, 0.25) is 0 Å². The van der Waals surface area contributed by atoms with Crippen molar-refractivity contribution in [3.8, 4) is 0 Å². The van der Waals surface area contributed by atoms with E-state index in [1.165, 1.54) is 0 Å². The fraction of sp³-hybridized carbons (Fsp3) is 0.143. The molecule has 2 heteroatoms. The Morgan fingerprint density at radius 3 is 3.22 bits per heavy atom. The highest BCUT2D eigenvalue weighted by Crippen LogP contribution is 2.16. The van der Waals surface area contributed by atoms with Crippen molar-refractivity contribution in [1.29, 1.82) is 0 Å². The molecule has 0 saturated carbocycles. The van der Waals surface area contributed by atoms with Crippen molar-refractivity contribution in [3.05, 3.63) is 30.1 Å². The first kappa shape index (κ1) is 4.68. The average Bonchev–Trinajstić information content (AvgIpc) is 2.35. The summed E-state index contributed by atoms with van der Waals surface area (Å²) in [6.07, 6.45) is 4.52. The minimum atomic E-state index is 0.356. The first-order chi connectivity index (χ1) is 4.38. The molecule has 2 nitrogen and oxygen atoms in total. The summed E-state index contributed by atoms with van der Waals surface area (Å²) in [5, 5.41) is 9.09. The van der Waals surface area contributed by atoms with Crippen LogP contribution < -0.4 is 0 Å². The predicted molar refractivity (Wildman–Crippen MR) is 35.0 cm³/mol. The Hall–Kier alpha value is -1.18. The summed E-state index contributed by atoms with van der Waals surface area (Å²) in [5.41, 5.74) is 1.16. The molecule has 2 rings (SSSR count). The first-order valence-electron chi connectivity index (χ1n) is 2.93. The van der Waals surface area contributed by atoms with Gasteiger partial charge in [-0.3, -0.25) is 4.57 Å². The summed E-state index contributed by atoms with van der Waals surface area (Å²) in [4.78, 5) is 0. The van der Waals surface area contributed by atoms with Crippen molar-refractivity contribution >= 4 is 5.88 Å². The van der Waals surface area contributed by atoms with E-state index < -0.39 is 0 Å². The maximum absolute atomic E-state index is 9.09.